The summed E-state index contributed by atoms with van der Waals surface area (Å²) in [7, 11) is -10.3. The lowest BCUT2D eigenvalue weighted by Crippen LogP contribution is -2.40. The highest BCUT2D eigenvalue weighted by molar-refractivity contribution is 7.60. The zero-order chi connectivity index (χ0) is 19.9. The van der Waals surface area contributed by atoms with Crippen LogP contribution in [0.4, 0.5) is 0 Å². The molecule has 0 aromatic rings. The molecular weight excluding hydrogens is 386 g/mol. The van der Waals surface area contributed by atoms with Crippen molar-refractivity contribution in [2.24, 2.45) is 35.5 Å². The Labute approximate surface area is 153 Å². The molecule has 4 N–H and O–H groups in total. The Kier molecular flexibility index (Phi) is 6.77. The Bertz CT molecular complexity index is 618. The minimum absolute atomic E-state index is 0.143. The minimum Gasteiger partial charge on any atom is -0.481 e. The highest BCUT2D eigenvalue weighted by Crippen LogP contribution is 2.61. The lowest BCUT2D eigenvalue weighted by atomic mass is 9.76. The molecule has 8 unspecified atom stereocenters. The van der Waals surface area contributed by atoms with Crippen LogP contribution in [0.3, 0.4) is 0 Å². The van der Waals surface area contributed by atoms with E-state index in [-0.39, 0.29) is 17.8 Å². The SMILES string of the molecule is CC1CCC(C(C)C(=O)O)C(OP(=O)(O)OP(=O)(O)O)C2C(C)CCC12. The van der Waals surface area contributed by atoms with Crippen molar-refractivity contribution in [2.75, 3.05) is 0 Å². The molecule has 11 heteroatoms. The van der Waals surface area contributed by atoms with Gasteiger partial charge in [0.2, 0.25) is 0 Å². The molecule has 26 heavy (non-hydrogen) atoms. The molecular formula is C15H28O9P2. The van der Waals surface area contributed by atoms with Crippen LogP contribution in [-0.4, -0.2) is 31.9 Å². The molecule has 152 valence electrons. The Morgan fingerprint density at radius 3 is 2.15 bits per heavy atom. The van der Waals surface area contributed by atoms with Gasteiger partial charge < -0.3 is 19.8 Å². The number of fused-ring (bicyclic) bond motifs is 1. The van der Waals surface area contributed by atoms with Gasteiger partial charge in [-0.25, -0.2) is 9.13 Å². The third-order valence-electron chi connectivity index (χ3n) is 6.09. The first-order valence-electron chi connectivity index (χ1n) is 8.83. The number of hydrogen-bond donors (Lipinski definition) is 4. The second-order valence-corrected chi connectivity index (χ2v) is 10.5. The van der Waals surface area contributed by atoms with E-state index in [1.165, 1.54) is 6.92 Å². The quantitative estimate of drug-likeness (QED) is 0.481. The van der Waals surface area contributed by atoms with Crippen LogP contribution >= 0.6 is 15.6 Å². The first kappa shape index (κ1) is 22.0. The van der Waals surface area contributed by atoms with Crippen molar-refractivity contribution in [3.05, 3.63) is 0 Å². The maximum Gasteiger partial charge on any atom is 0.481 e. The third-order valence-corrected chi connectivity index (χ3v) is 8.28. The topological polar surface area (TPSA) is 151 Å². The van der Waals surface area contributed by atoms with Gasteiger partial charge in [-0.2, -0.15) is 4.31 Å². The van der Waals surface area contributed by atoms with E-state index in [2.05, 4.69) is 11.2 Å². The van der Waals surface area contributed by atoms with Gasteiger partial charge in [-0.15, -0.1) is 0 Å². The highest BCUT2D eigenvalue weighted by Gasteiger charge is 2.51. The molecule has 2 aliphatic rings. The number of rotatable bonds is 6. The predicted octanol–water partition coefficient (Wildman–Crippen LogP) is 3.01. The van der Waals surface area contributed by atoms with Crippen LogP contribution < -0.4 is 0 Å². The summed E-state index contributed by atoms with van der Waals surface area (Å²) in [4.78, 5) is 39.2. The van der Waals surface area contributed by atoms with Crippen molar-refractivity contribution < 1.29 is 42.5 Å². The first-order valence-corrected chi connectivity index (χ1v) is 11.9. The van der Waals surface area contributed by atoms with E-state index < -0.39 is 39.6 Å². The number of aliphatic carboxylic acids is 1. The zero-order valence-electron chi connectivity index (χ0n) is 15.1. The Morgan fingerprint density at radius 2 is 1.62 bits per heavy atom. The Balaban J connectivity index is 2.39. The lowest BCUT2D eigenvalue weighted by molar-refractivity contribution is -0.145. The normalized spacial score (nSPS) is 38.8. The molecule has 0 amide bonds. The average molecular weight is 414 g/mol. The summed E-state index contributed by atoms with van der Waals surface area (Å²) in [5.74, 6) is -1.92. The van der Waals surface area contributed by atoms with Crippen LogP contribution in [0.2, 0.25) is 0 Å². The maximum absolute atomic E-state index is 12.2. The summed E-state index contributed by atoms with van der Waals surface area (Å²) in [6.45, 7) is 5.61. The van der Waals surface area contributed by atoms with E-state index >= 15 is 0 Å². The van der Waals surface area contributed by atoms with Crippen molar-refractivity contribution in [2.45, 2.75) is 52.6 Å². The molecule has 0 saturated heterocycles. The summed E-state index contributed by atoms with van der Waals surface area (Å²) < 4.78 is 32.4. The van der Waals surface area contributed by atoms with E-state index in [1.54, 1.807) is 0 Å². The fourth-order valence-electron chi connectivity index (χ4n) is 4.79. The Hall–Kier alpha value is -0.270. The van der Waals surface area contributed by atoms with Crippen LogP contribution in [0.1, 0.15) is 46.5 Å². The summed E-state index contributed by atoms with van der Waals surface area (Å²) in [5.41, 5.74) is 0. The van der Waals surface area contributed by atoms with Gasteiger partial charge in [-0.05, 0) is 42.4 Å². The molecule has 0 aromatic carbocycles. The second-order valence-electron chi connectivity index (χ2n) is 7.75. The minimum atomic E-state index is -5.24. The van der Waals surface area contributed by atoms with Gasteiger partial charge in [0, 0.05) is 0 Å². The van der Waals surface area contributed by atoms with E-state index in [9.17, 15) is 23.9 Å². The predicted molar refractivity (Wildman–Crippen MR) is 91.9 cm³/mol. The van der Waals surface area contributed by atoms with Crippen molar-refractivity contribution in [1.29, 1.82) is 0 Å². The van der Waals surface area contributed by atoms with Crippen LogP contribution in [0.5, 0.6) is 0 Å². The molecule has 0 aromatic heterocycles. The smallest absolute Gasteiger partial charge is 0.481 e. The van der Waals surface area contributed by atoms with Crippen LogP contribution in [0.25, 0.3) is 0 Å². The molecule has 2 aliphatic carbocycles. The largest absolute Gasteiger partial charge is 0.481 e. The summed E-state index contributed by atoms with van der Waals surface area (Å²) >= 11 is 0. The molecule has 2 rings (SSSR count). The number of carboxylic acids is 1. The van der Waals surface area contributed by atoms with Gasteiger partial charge in [-0.3, -0.25) is 9.32 Å². The number of carboxylic acid groups (broad SMARTS) is 1. The van der Waals surface area contributed by atoms with Crippen LogP contribution in [0, 0.1) is 35.5 Å². The molecule has 0 heterocycles. The number of carbonyl (C=O) groups is 1. The standard InChI is InChI=1S/C15H28O9P2/c1-8-4-7-12(10(3)15(16)17)14(13-9(2)5-6-11(8)13)23-26(21,22)24-25(18,19)20/h8-14H,4-7H2,1-3H3,(H,16,17)(H,21,22)(H2,18,19,20). The number of phosphoric ester groups is 1. The average Bonchev–Trinajstić information content (AvgIpc) is 2.78. The molecule has 0 bridgehead atoms. The van der Waals surface area contributed by atoms with E-state index in [4.69, 9.17) is 14.3 Å². The summed E-state index contributed by atoms with van der Waals surface area (Å²) in [5, 5.41) is 9.46. The molecule has 9 nitrogen and oxygen atoms in total. The third kappa shape index (κ3) is 5.16. The van der Waals surface area contributed by atoms with Crippen LogP contribution in [0.15, 0.2) is 0 Å². The number of phosphoric acid groups is 2. The van der Waals surface area contributed by atoms with Crippen molar-refractivity contribution in [3.8, 4) is 0 Å². The van der Waals surface area contributed by atoms with Crippen LogP contribution in [-0.2, 0) is 22.8 Å². The van der Waals surface area contributed by atoms with Gasteiger partial charge in [-0.1, -0.05) is 33.6 Å². The first-order chi connectivity index (χ1) is 11.8. The highest BCUT2D eigenvalue weighted by atomic mass is 31.3. The molecule has 0 spiro atoms. The van der Waals surface area contributed by atoms with Crippen molar-refractivity contribution >= 4 is 21.6 Å². The summed E-state index contributed by atoms with van der Waals surface area (Å²) in [6.07, 6.45) is 2.15. The van der Waals surface area contributed by atoms with E-state index in [1.807, 2.05) is 6.92 Å². The molecule has 8 atom stereocenters. The van der Waals surface area contributed by atoms with E-state index in [0.29, 0.717) is 12.3 Å². The van der Waals surface area contributed by atoms with Crippen molar-refractivity contribution in [3.63, 3.8) is 0 Å². The van der Waals surface area contributed by atoms with Gasteiger partial charge in [0.15, 0.2) is 0 Å². The molecule has 2 fully saturated rings. The fraction of sp³-hybridized carbons (Fsp3) is 0.933. The molecule has 2 saturated carbocycles. The van der Waals surface area contributed by atoms with Crippen molar-refractivity contribution in [1.82, 2.24) is 0 Å². The van der Waals surface area contributed by atoms with Gasteiger partial charge in [0.25, 0.3) is 0 Å². The Morgan fingerprint density at radius 1 is 1.04 bits per heavy atom. The summed E-state index contributed by atoms with van der Waals surface area (Å²) in [6, 6.07) is 0. The van der Waals surface area contributed by atoms with Gasteiger partial charge >= 0.3 is 21.6 Å². The fourth-order valence-corrected chi connectivity index (χ4v) is 6.62. The second kappa shape index (κ2) is 8.00. The maximum atomic E-state index is 12.2. The molecule has 0 aliphatic heterocycles. The number of hydrogen-bond acceptors (Lipinski definition) is 5. The van der Waals surface area contributed by atoms with Gasteiger partial charge in [0.05, 0.1) is 12.0 Å². The monoisotopic (exact) mass is 414 g/mol. The van der Waals surface area contributed by atoms with E-state index in [0.717, 1.165) is 19.3 Å². The lowest BCUT2D eigenvalue weighted by Gasteiger charge is -2.37. The van der Waals surface area contributed by atoms with Gasteiger partial charge in [0.1, 0.15) is 0 Å². The molecule has 0 radical (unpaired) electrons. The zero-order valence-corrected chi connectivity index (χ0v) is 16.9.